The number of nitrogens with one attached hydrogen (secondary N) is 1. The molecule has 0 saturated carbocycles. The Morgan fingerprint density at radius 3 is 2.75 bits per heavy atom. The van der Waals surface area contributed by atoms with Gasteiger partial charge in [0.2, 0.25) is 0 Å². The van der Waals surface area contributed by atoms with E-state index in [2.05, 4.69) is 17.1 Å². The van der Waals surface area contributed by atoms with Gasteiger partial charge in [-0.05, 0) is 50.5 Å². The number of hydrogen-bond acceptors (Lipinski definition) is 4. The van der Waals surface area contributed by atoms with E-state index in [4.69, 9.17) is 0 Å². The third kappa shape index (κ3) is 3.66. The van der Waals surface area contributed by atoms with Crippen LogP contribution in [0.2, 0.25) is 0 Å². The SMILES string of the molecule is CCN1CCC(CNc2ccc(F)cc2[N+](=O)[O-])CC1. The van der Waals surface area contributed by atoms with Crippen molar-refractivity contribution >= 4 is 11.4 Å². The van der Waals surface area contributed by atoms with E-state index in [0.717, 1.165) is 38.5 Å². The highest BCUT2D eigenvalue weighted by atomic mass is 19.1. The van der Waals surface area contributed by atoms with Crippen molar-refractivity contribution in [3.8, 4) is 0 Å². The molecule has 1 aromatic rings. The van der Waals surface area contributed by atoms with E-state index in [9.17, 15) is 14.5 Å². The number of benzene rings is 1. The van der Waals surface area contributed by atoms with E-state index in [-0.39, 0.29) is 5.69 Å². The predicted octanol–water partition coefficient (Wildman–Crippen LogP) is 2.88. The summed E-state index contributed by atoms with van der Waals surface area (Å²) in [7, 11) is 0. The first kappa shape index (κ1) is 14.7. The van der Waals surface area contributed by atoms with Crippen molar-refractivity contribution < 1.29 is 9.31 Å². The lowest BCUT2D eigenvalue weighted by Gasteiger charge is -2.31. The van der Waals surface area contributed by atoms with Crippen LogP contribution < -0.4 is 5.32 Å². The van der Waals surface area contributed by atoms with Crippen molar-refractivity contribution in [3.63, 3.8) is 0 Å². The lowest BCUT2D eigenvalue weighted by atomic mass is 9.96. The van der Waals surface area contributed by atoms with E-state index in [1.54, 1.807) is 0 Å². The summed E-state index contributed by atoms with van der Waals surface area (Å²) in [5, 5.41) is 14.0. The first-order chi connectivity index (χ1) is 9.60. The van der Waals surface area contributed by atoms with Gasteiger partial charge >= 0.3 is 0 Å². The largest absolute Gasteiger partial charge is 0.379 e. The summed E-state index contributed by atoms with van der Waals surface area (Å²) < 4.78 is 13.0. The first-order valence-electron chi connectivity index (χ1n) is 7.00. The van der Waals surface area contributed by atoms with Crippen molar-refractivity contribution in [2.24, 2.45) is 5.92 Å². The summed E-state index contributed by atoms with van der Waals surface area (Å²) in [5.74, 6) is -0.0686. The maximum absolute atomic E-state index is 13.0. The predicted molar refractivity (Wildman–Crippen MR) is 76.4 cm³/mol. The van der Waals surface area contributed by atoms with Crippen LogP contribution in [0.3, 0.4) is 0 Å². The van der Waals surface area contributed by atoms with Gasteiger partial charge in [-0.1, -0.05) is 6.92 Å². The molecule has 1 aliphatic rings. The van der Waals surface area contributed by atoms with E-state index in [1.807, 2.05) is 0 Å². The molecule has 110 valence electrons. The molecule has 1 saturated heterocycles. The van der Waals surface area contributed by atoms with Gasteiger partial charge < -0.3 is 10.2 Å². The van der Waals surface area contributed by atoms with Crippen molar-refractivity contribution in [2.45, 2.75) is 19.8 Å². The highest BCUT2D eigenvalue weighted by Gasteiger charge is 2.20. The number of hydrogen-bond donors (Lipinski definition) is 1. The number of nitrogens with zero attached hydrogens (tertiary/aromatic N) is 2. The number of halogens is 1. The molecule has 0 aliphatic carbocycles. The van der Waals surface area contributed by atoms with Gasteiger partial charge in [0, 0.05) is 6.54 Å². The third-order valence-corrected chi connectivity index (χ3v) is 3.89. The number of piperidine rings is 1. The minimum absolute atomic E-state index is 0.198. The molecule has 2 rings (SSSR count). The molecule has 5 nitrogen and oxygen atoms in total. The maximum Gasteiger partial charge on any atom is 0.295 e. The quantitative estimate of drug-likeness (QED) is 0.666. The zero-order valence-corrected chi connectivity index (χ0v) is 11.6. The Hall–Kier alpha value is -1.69. The molecule has 1 fully saturated rings. The number of anilines is 1. The van der Waals surface area contributed by atoms with Crippen LogP contribution in [-0.2, 0) is 0 Å². The van der Waals surface area contributed by atoms with Gasteiger partial charge in [0.1, 0.15) is 11.5 Å². The van der Waals surface area contributed by atoms with Crippen LogP contribution in [-0.4, -0.2) is 36.0 Å². The van der Waals surface area contributed by atoms with Crippen molar-refractivity contribution in [2.75, 3.05) is 31.5 Å². The van der Waals surface area contributed by atoms with Crippen LogP contribution in [0.5, 0.6) is 0 Å². The van der Waals surface area contributed by atoms with Gasteiger partial charge in [0.05, 0.1) is 11.0 Å². The standard InChI is InChI=1S/C14H20FN3O2/c1-2-17-7-5-11(6-8-17)10-16-13-4-3-12(15)9-14(13)18(19)20/h3-4,9,11,16H,2,5-8,10H2,1H3. The second kappa shape index (κ2) is 6.65. The summed E-state index contributed by atoms with van der Waals surface area (Å²) in [6.45, 7) is 6.08. The van der Waals surface area contributed by atoms with Gasteiger partial charge in [-0.3, -0.25) is 10.1 Å². The van der Waals surface area contributed by atoms with Crippen LogP contribution in [0.15, 0.2) is 18.2 Å². The third-order valence-electron chi connectivity index (χ3n) is 3.89. The highest BCUT2D eigenvalue weighted by molar-refractivity contribution is 5.61. The zero-order chi connectivity index (χ0) is 14.5. The van der Waals surface area contributed by atoms with Crippen molar-refractivity contribution in [3.05, 3.63) is 34.1 Å². The Kier molecular flexibility index (Phi) is 4.89. The molecule has 0 amide bonds. The lowest BCUT2D eigenvalue weighted by molar-refractivity contribution is -0.384. The number of likely N-dealkylation sites (tertiary alicyclic amines) is 1. The van der Waals surface area contributed by atoms with Gasteiger partial charge in [0.25, 0.3) is 5.69 Å². The molecule has 20 heavy (non-hydrogen) atoms. The normalized spacial score (nSPS) is 17.1. The molecule has 0 unspecified atom stereocenters. The van der Waals surface area contributed by atoms with Crippen LogP contribution >= 0.6 is 0 Å². The lowest BCUT2D eigenvalue weighted by Crippen LogP contribution is -2.35. The van der Waals surface area contributed by atoms with Gasteiger partial charge in [-0.25, -0.2) is 4.39 Å². The number of nitro benzene ring substituents is 1. The number of rotatable bonds is 5. The van der Waals surface area contributed by atoms with E-state index >= 15 is 0 Å². The Bertz CT molecular complexity index is 473. The molecule has 1 N–H and O–H groups in total. The smallest absolute Gasteiger partial charge is 0.295 e. The molecule has 0 atom stereocenters. The molecule has 0 radical (unpaired) electrons. The first-order valence-corrected chi connectivity index (χ1v) is 7.00. The van der Waals surface area contributed by atoms with Crippen molar-refractivity contribution in [1.82, 2.24) is 4.90 Å². The van der Waals surface area contributed by atoms with Crippen LogP contribution in [0.4, 0.5) is 15.8 Å². The molecule has 1 heterocycles. The average molecular weight is 281 g/mol. The summed E-state index contributed by atoms with van der Waals surface area (Å²) in [4.78, 5) is 12.7. The molecule has 0 aromatic heterocycles. The zero-order valence-electron chi connectivity index (χ0n) is 11.6. The van der Waals surface area contributed by atoms with E-state index < -0.39 is 10.7 Å². The van der Waals surface area contributed by atoms with E-state index in [1.165, 1.54) is 12.1 Å². The topological polar surface area (TPSA) is 58.4 Å². The Labute approximate surface area is 117 Å². The van der Waals surface area contributed by atoms with Gasteiger partial charge in [-0.2, -0.15) is 0 Å². The number of nitro groups is 1. The monoisotopic (exact) mass is 281 g/mol. The van der Waals surface area contributed by atoms with Gasteiger partial charge in [-0.15, -0.1) is 0 Å². The van der Waals surface area contributed by atoms with E-state index in [0.29, 0.717) is 18.2 Å². The Morgan fingerprint density at radius 1 is 1.45 bits per heavy atom. The molecule has 1 aromatic carbocycles. The summed E-state index contributed by atoms with van der Waals surface area (Å²) in [6.07, 6.45) is 2.19. The summed E-state index contributed by atoms with van der Waals surface area (Å²) in [6, 6.07) is 3.64. The molecule has 1 aliphatic heterocycles. The fourth-order valence-electron chi connectivity index (χ4n) is 2.57. The fourth-order valence-corrected chi connectivity index (χ4v) is 2.57. The molecular formula is C14H20FN3O2. The van der Waals surface area contributed by atoms with Crippen LogP contribution in [0, 0.1) is 21.8 Å². The van der Waals surface area contributed by atoms with Crippen LogP contribution in [0.1, 0.15) is 19.8 Å². The molecule has 6 heteroatoms. The minimum Gasteiger partial charge on any atom is -0.379 e. The average Bonchev–Trinajstić information content (AvgIpc) is 2.46. The molecule has 0 spiro atoms. The molecular weight excluding hydrogens is 261 g/mol. The maximum atomic E-state index is 13.0. The molecule has 0 bridgehead atoms. The Morgan fingerprint density at radius 2 is 2.15 bits per heavy atom. The Balaban J connectivity index is 1.93. The highest BCUT2D eigenvalue weighted by Crippen LogP contribution is 2.26. The van der Waals surface area contributed by atoms with Crippen LogP contribution in [0.25, 0.3) is 0 Å². The second-order valence-electron chi connectivity index (χ2n) is 5.18. The second-order valence-corrected chi connectivity index (χ2v) is 5.18. The summed E-state index contributed by atoms with van der Waals surface area (Å²) in [5.41, 5.74) is 0.199. The fraction of sp³-hybridized carbons (Fsp3) is 0.571. The van der Waals surface area contributed by atoms with Crippen molar-refractivity contribution in [1.29, 1.82) is 0 Å². The summed E-state index contributed by atoms with van der Waals surface area (Å²) >= 11 is 0. The minimum atomic E-state index is -0.585. The van der Waals surface area contributed by atoms with Gasteiger partial charge in [0.15, 0.2) is 0 Å².